The van der Waals surface area contributed by atoms with Gasteiger partial charge in [0.25, 0.3) is 0 Å². The lowest BCUT2D eigenvalue weighted by atomic mass is 9.94. The van der Waals surface area contributed by atoms with Gasteiger partial charge in [-0.3, -0.25) is 14.8 Å². The number of nitrogens with one attached hydrogen (secondary N) is 3. The van der Waals surface area contributed by atoms with E-state index in [-0.39, 0.29) is 5.91 Å². The number of carbonyl (C=O) groups is 1. The van der Waals surface area contributed by atoms with Gasteiger partial charge in [0.2, 0.25) is 5.91 Å². The molecule has 1 unspecified atom stereocenters. The van der Waals surface area contributed by atoms with Crippen molar-refractivity contribution in [2.24, 2.45) is 5.92 Å². The molecule has 162 valence electrons. The van der Waals surface area contributed by atoms with Crippen molar-refractivity contribution in [1.82, 2.24) is 25.9 Å². The molecule has 1 amide bonds. The summed E-state index contributed by atoms with van der Waals surface area (Å²) in [5, 5.41) is 11.1. The molecule has 0 aliphatic carbocycles. The topological polar surface area (TPSA) is 78.9 Å². The van der Waals surface area contributed by atoms with Crippen LogP contribution in [0.1, 0.15) is 36.6 Å². The Kier molecular flexibility index (Phi) is 7.58. The molecule has 1 fully saturated rings. The summed E-state index contributed by atoms with van der Waals surface area (Å²) >= 11 is 0. The van der Waals surface area contributed by atoms with Gasteiger partial charge in [-0.05, 0) is 81.1 Å². The summed E-state index contributed by atoms with van der Waals surface area (Å²) < 4.78 is 0. The minimum atomic E-state index is -0.455. The SMILES string of the molecule is O=C(NCCc1ccncc1)C(NCCC1CCNCC1)c1ccc2ccccc2n1. The number of benzene rings is 1. The third kappa shape index (κ3) is 6.09. The van der Waals surface area contributed by atoms with Gasteiger partial charge >= 0.3 is 0 Å². The number of hydrogen-bond donors (Lipinski definition) is 3. The van der Waals surface area contributed by atoms with Crippen molar-refractivity contribution in [3.05, 3.63) is 72.2 Å². The Morgan fingerprint density at radius 3 is 2.68 bits per heavy atom. The zero-order valence-electron chi connectivity index (χ0n) is 17.9. The van der Waals surface area contributed by atoms with Crippen molar-refractivity contribution in [3.63, 3.8) is 0 Å². The molecular weight excluding hydrogens is 386 g/mol. The van der Waals surface area contributed by atoms with Gasteiger partial charge in [0.1, 0.15) is 6.04 Å². The summed E-state index contributed by atoms with van der Waals surface area (Å²) in [6.07, 6.45) is 7.83. The first-order valence-corrected chi connectivity index (χ1v) is 11.3. The summed E-state index contributed by atoms with van der Waals surface area (Å²) in [5.74, 6) is 0.691. The van der Waals surface area contributed by atoms with Gasteiger partial charge in [-0.2, -0.15) is 0 Å². The Morgan fingerprint density at radius 1 is 1.03 bits per heavy atom. The van der Waals surface area contributed by atoms with Crippen molar-refractivity contribution >= 4 is 16.8 Å². The van der Waals surface area contributed by atoms with Crippen LogP contribution in [0.15, 0.2) is 60.9 Å². The molecule has 0 bridgehead atoms. The maximum absolute atomic E-state index is 13.1. The fraction of sp³-hybridized carbons (Fsp3) is 0.400. The number of amides is 1. The molecular formula is C25H31N5O. The normalized spacial score (nSPS) is 15.6. The number of piperidine rings is 1. The highest BCUT2D eigenvalue weighted by atomic mass is 16.2. The minimum Gasteiger partial charge on any atom is -0.354 e. The first kappa shape index (κ1) is 21.4. The van der Waals surface area contributed by atoms with Gasteiger partial charge in [0, 0.05) is 24.3 Å². The fourth-order valence-corrected chi connectivity index (χ4v) is 4.16. The van der Waals surface area contributed by atoms with Crippen molar-refractivity contribution in [2.75, 3.05) is 26.2 Å². The Morgan fingerprint density at radius 2 is 1.84 bits per heavy atom. The monoisotopic (exact) mass is 417 g/mol. The number of aromatic nitrogens is 2. The average molecular weight is 418 g/mol. The van der Waals surface area contributed by atoms with Crippen LogP contribution in [0.2, 0.25) is 0 Å². The summed E-state index contributed by atoms with van der Waals surface area (Å²) in [6, 6.07) is 15.5. The van der Waals surface area contributed by atoms with Gasteiger partial charge in [-0.15, -0.1) is 0 Å². The second kappa shape index (κ2) is 11.0. The molecule has 1 aliphatic heterocycles. The van der Waals surface area contributed by atoms with Crippen LogP contribution in [-0.2, 0) is 11.2 Å². The standard InChI is InChI=1S/C25H31N5O/c31-25(29-18-12-20-9-15-27-16-10-20)24(28-17-11-19-7-13-26-14-8-19)23-6-5-21-3-1-2-4-22(21)30-23/h1-6,9-10,15-16,19,24,26,28H,7-8,11-14,17-18H2,(H,29,31). The first-order chi connectivity index (χ1) is 15.3. The van der Waals surface area contributed by atoms with Crippen LogP contribution >= 0.6 is 0 Å². The smallest absolute Gasteiger partial charge is 0.243 e. The molecule has 1 aliphatic rings. The quantitative estimate of drug-likeness (QED) is 0.499. The van der Waals surface area contributed by atoms with E-state index in [1.54, 1.807) is 12.4 Å². The van der Waals surface area contributed by atoms with Crippen LogP contribution in [0, 0.1) is 5.92 Å². The van der Waals surface area contributed by atoms with Crippen LogP contribution < -0.4 is 16.0 Å². The van der Waals surface area contributed by atoms with E-state index in [9.17, 15) is 4.79 Å². The predicted octanol–water partition coefficient (Wildman–Crippen LogP) is 3.01. The van der Waals surface area contributed by atoms with Crippen LogP contribution in [-0.4, -0.2) is 42.1 Å². The molecule has 3 N–H and O–H groups in total. The maximum Gasteiger partial charge on any atom is 0.243 e. The second-order valence-corrected chi connectivity index (χ2v) is 8.19. The summed E-state index contributed by atoms with van der Waals surface area (Å²) in [5.41, 5.74) is 2.84. The van der Waals surface area contributed by atoms with Gasteiger partial charge in [0.05, 0.1) is 11.2 Å². The molecule has 4 rings (SSSR count). The second-order valence-electron chi connectivity index (χ2n) is 8.19. The van der Waals surface area contributed by atoms with E-state index in [1.165, 1.54) is 12.8 Å². The predicted molar refractivity (Wildman–Crippen MR) is 124 cm³/mol. The average Bonchev–Trinajstić information content (AvgIpc) is 2.83. The minimum absolute atomic E-state index is 0.0258. The third-order valence-electron chi connectivity index (χ3n) is 6.00. The van der Waals surface area contributed by atoms with Crippen LogP contribution in [0.5, 0.6) is 0 Å². The number of hydrogen-bond acceptors (Lipinski definition) is 5. The largest absolute Gasteiger partial charge is 0.354 e. The molecule has 1 aromatic carbocycles. The Labute approximate surface area is 183 Å². The van der Waals surface area contributed by atoms with E-state index in [2.05, 4.69) is 20.9 Å². The lowest BCUT2D eigenvalue weighted by Crippen LogP contribution is -2.40. The molecule has 6 heteroatoms. The molecule has 1 atom stereocenters. The number of carbonyl (C=O) groups excluding carboxylic acids is 1. The molecule has 31 heavy (non-hydrogen) atoms. The molecule has 3 aromatic rings. The lowest BCUT2D eigenvalue weighted by molar-refractivity contribution is -0.123. The van der Waals surface area contributed by atoms with Crippen molar-refractivity contribution in [2.45, 2.75) is 31.7 Å². The summed E-state index contributed by atoms with van der Waals surface area (Å²) in [7, 11) is 0. The number of nitrogens with zero attached hydrogens (tertiary/aromatic N) is 2. The van der Waals surface area contributed by atoms with Gasteiger partial charge in [-0.1, -0.05) is 24.3 Å². The van der Waals surface area contributed by atoms with Crippen molar-refractivity contribution < 1.29 is 4.79 Å². The lowest BCUT2D eigenvalue weighted by Gasteiger charge is -2.24. The van der Waals surface area contributed by atoms with E-state index >= 15 is 0 Å². The number of pyridine rings is 2. The Bertz CT molecular complexity index is 972. The fourth-order valence-electron chi connectivity index (χ4n) is 4.16. The van der Waals surface area contributed by atoms with Crippen LogP contribution in [0.4, 0.5) is 0 Å². The number of fused-ring (bicyclic) bond motifs is 1. The zero-order chi connectivity index (χ0) is 21.3. The summed E-state index contributed by atoms with van der Waals surface area (Å²) in [6.45, 7) is 3.58. The maximum atomic E-state index is 13.1. The van der Waals surface area contributed by atoms with Crippen LogP contribution in [0.25, 0.3) is 10.9 Å². The molecule has 0 saturated carbocycles. The molecule has 2 aromatic heterocycles. The Balaban J connectivity index is 1.41. The molecule has 1 saturated heterocycles. The third-order valence-corrected chi connectivity index (χ3v) is 6.00. The van der Waals surface area contributed by atoms with Gasteiger partial charge < -0.3 is 16.0 Å². The van der Waals surface area contributed by atoms with E-state index in [1.807, 2.05) is 48.5 Å². The van der Waals surface area contributed by atoms with E-state index < -0.39 is 6.04 Å². The van der Waals surface area contributed by atoms with Crippen molar-refractivity contribution in [3.8, 4) is 0 Å². The van der Waals surface area contributed by atoms with Gasteiger partial charge in [0.15, 0.2) is 0 Å². The van der Waals surface area contributed by atoms with E-state index in [0.717, 1.165) is 54.6 Å². The highest BCUT2D eigenvalue weighted by Crippen LogP contribution is 2.19. The van der Waals surface area contributed by atoms with Crippen molar-refractivity contribution in [1.29, 1.82) is 0 Å². The highest BCUT2D eigenvalue weighted by Gasteiger charge is 2.22. The van der Waals surface area contributed by atoms with Gasteiger partial charge in [-0.25, -0.2) is 0 Å². The first-order valence-electron chi connectivity index (χ1n) is 11.3. The molecule has 0 spiro atoms. The molecule has 0 radical (unpaired) electrons. The van der Waals surface area contributed by atoms with Crippen LogP contribution in [0.3, 0.4) is 0 Å². The van der Waals surface area contributed by atoms with E-state index in [4.69, 9.17) is 4.98 Å². The summed E-state index contributed by atoms with van der Waals surface area (Å²) in [4.78, 5) is 21.9. The Hall–Kier alpha value is -2.83. The molecule has 3 heterocycles. The van der Waals surface area contributed by atoms with E-state index in [0.29, 0.717) is 12.5 Å². The zero-order valence-corrected chi connectivity index (χ0v) is 17.9. The number of para-hydroxylation sites is 1. The molecule has 6 nitrogen and oxygen atoms in total. The highest BCUT2D eigenvalue weighted by molar-refractivity contribution is 5.84. The number of rotatable bonds is 9.